The van der Waals surface area contributed by atoms with Crippen molar-refractivity contribution in [3.05, 3.63) is 51.7 Å². The van der Waals surface area contributed by atoms with Gasteiger partial charge in [-0.2, -0.15) is 5.26 Å². The van der Waals surface area contributed by atoms with E-state index in [1.165, 1.54) is 24.4 Å². The Hall–Kier alpha value is -1.62. The largest absolute Gasteiger partial charge is 0.276 e. The molecule has 0 aliphatic heterocycles. The quantitative estimate of drug-likeness (QED) is 0.817. The Morgan fingerprint density at radius 1 is 1.33 bits per heavy atom. The van der Waals surface area contributed by atoms with Crippen LogP contribution < -0.4 is 4.72 Å². The molecule has 1 heterocycles. The summed E-state index contributed by atoms with van der Waals surface area (Å²) in [6.45, 7) is 0. The zero-order valence-electron chi connectivity index (χ0n) is 10.5. The molecule has 0 saturated heterocycles. The van der Waals surface area contributed by atoms with Crippen LogP contribution in [0.3, 0.4) is 0 Å². The van der Waals surface area contributed by atoms with Crippen LogP contribution >= 0.6 is 27.5 Å². The number of rotatable bonds is 4. The van der Waals surface area contributed by atoms with E-state index in [2.05, 4.69) is 25.6 Å². The van der Waals surface area contributed by atoms with Gasteiger partial charge < -0.3 is 0 Å². The van der Waals surface area contributed by atoms with Gasteiger partial charge in [-0.15, -0.1) is 0 Å². The highest BCUT2D eigenvalue weighted by Gasteiger charge is 2.16. The standard InChI is InChI=1S/C13H9BrClN3O2S/c14-10-7-12(13(15)17-8-10)18-21(19,20)11-3-1-9(2-4-11)5-6-16/h1-4,7-8,18H,5H2. The lowest BCUT2D eigenvalue weighted by atomic mass is 10.2. The molecule has 1 aromatic heterocycles. The monoisotopic (exact) mass is 385 g/mol. The third-order valence-electron chi connectivity index (χ3n) is 2.57. The van der Waals surface area contributed by atoms with Gasteiger partial charge in [-0.25, -0.2) is 13.4 Å². The first kappa shape index (κ1) is 15.8. The van der Waals surface area contributed by atoms with E-state index in [0.29, 0.717) is 4.47 Å². The second kappa shape index (κ2) is 6.43. The molecule has 1 aromatic carbocycles. The molecule has 0 atom stereocenters. The van der Waals surface area contributed by atoms with Crippen LogP contribution in [-0.2, 0) is 16.4 Å². The number of aromatic nitrogens is 1. The summed E-state index contributed by atoms with van der Waals surface area (Å²) in [7, 11) is -3.76. The maximum Gasteiger partial charge on any atom is 0.261 e. The van der Waals surface area contributed by atoms with Gasteiger partial charge in [0.25, 0.3) is 10.0 Å². The lowest BCUT2D eigenvalue weighted by Gasteiger charge is -2.09. The van der Waals surface area contributed by atoms with Gasteiger partial charge in [0.05, 0.1) is 23.1 Å². The van der Waals surface area contributed by atoms with Crippen molar-refractivity contribution in [3.8, 4) is 6.07 Å². The third kappa shape index (κ3) is 3.94. The molecular weight excluding hydrogens is 378 g/mol. The Morgan fingerprint density at radius 2 is 2.00 bits per heavy atom. The van der Waals surface area contributed by atoms with E-state index in [9.17, 15) is 8.42 Å². The summed E-state index contributed by atoms with van der Waals surface area (Å²) in [6.07, 6.45) is 1.70. The van der Waals surface area contributed by atoms with Gasteiger partial charge in [0.2, 0.25) is 0 Å². The first-order chi connectivity index (χ1) is 9.92. The van der Waals surface area contributed by atoms with E-state index in [1.54, 1.807) is 12.1 Å². The fraction of sp³-hybridized carbons (Fsp3) is 0.0769. The lowest BCUT2D eigenvalue weighted by Crippen LogP contribution is -2.13. The average Bonchev–Trinajstić information content (AvgIpc) is 2.44. The zero-order valence-corrected chi connectivity index (χ0v) is 13.7. The minimum atomic E-state index is -3.76. The molecule has 1 N–H and O–H groups in total. The van der Waals surface area contributed by atoms with Crippen LogP contribution in [0.15, 0.2) is 45.9 Å². The fourth-order valence-electron chi connectivity index (χ4n) is 1.58. The first-order valence-electron chi connectivity index (χ1n) is 5.72. The number of pyridine rings is 1. The van der Waals surface area contributed by atoms with Crippen LogP contribution in [0.4, 0.5) is 5.69 Å². The molecule has 2 aromatic rings. The van der Waals surface area contributed by atoms with Gasteiger partial charge in [0.15, 0.2) is 5.15 Å². The van der Waals surface area contributed by atoms with Gasteiger partial charge in [-0.05, 0) is 39.7 Å². The predicted molar refractivity (Wildman–Crippen MR) is 83.5 cm³/mol. The van der Waals surface area contributed by atoms with Crippen molar-refractivity contribution >= 4 is 43.2 Å². The molecule has 0 radical (unpaired) electrons. The summed E-state index contributed by atoms with van der Waals surface area (Å²) < 4.78 is 27.5. The summed E-state index contributed by atoms with van der Waals surface area (Å²) in [5, 5.41) is 8.65. The van der Waals surface area contributed by atoms with E-state index in [1.807, 2.05) is 6.07 Å². The summed E-state index contributed by atoms with van der Waals surface area (Å²) in [5.41, 5.74) is 0.936. The molecule has 0 bridgehead atoms. The van der Waals surface area contributed by atoms with Crippen molar-refractivity contribution in [2.75, 3.05) is 4.72 Å². The van der Waals surface area contributed by atoms with E-state index < -0.39 is 10.0 Å². The van der Waals surface area contributed by atoms with Crippen molar-refractivity contribution in [2.45, 2.75) is 11.3 Å². The summed E-state index contributed by atoms with van der Waals surface area (Å²) in [6, 6.07) is 9.59. The van der Waals surface area contributed by atoms with Crippen LogP contribution in [0, 0.1) is 11.3 Å². The number of sulfonamides is 1. The van der Waals surface area contributed by atoms with Crippen molar-refractivity contribution in [1.29, 1.82) is 5.26 Å². The van der Waals surface area contributed by atoms with Crippen molar-refractivity contribution in [3.63, 3.8) is 0 Å². The molecule has 8 heteroatoms. The Kier molecular flexibility index (Phi) is 4.83. The summed E-state index contributed by atoms with van der Waals surface area (Å²) >= 11 is 9.06. The van der Waals surface area contributed by atoms with Gasteiger partial charge in [-0.3, -0.25) is 4.72 Å². The highest BCUT2D eigenvalue weighted by Crippen LogP contribution is 2.25. The van der Waals surface area contributed by atoms with E-state index in [4.69, 9.17) is 16.9 Å². The van der Waals surface area contributed by atoms with Gasteiger partial charge in [-0.1, -0.05) is 23.7 Å². The molecule has 0 fully saturated rings. The van der Waals surface area contributed by atoms with Crippen LogP contribution in [-0.4, -0.2) is 13.4 Å². The summed E-state index contributed by atoms with van der Waals surface area (Å²) in [5.74, 6) is 0. The van der Waals surface area contributed by atoms with E-state index >= 15 is 0 Å². The summed E-state index contributed by atoms with van der Waals surface area (Å²) in [4.78, 5) is 3.93. The molecule has 108 valence electrons. The Labute approximate surface area is 135 Å². The molecule has 21 heavy (non-hydrogen) atoms. The second-order valence-corrected chi connectivity index (χ2v) is 7.03. The van der Waals surface area contributed by atoms with Crippen LogP contribution in [0.1, 0.15) is 5.56 Å². The second-order valence-electron chi connectivity index (χ2n) is 4.08. The number of nitrogens with zero attached hydrogens (tertiary/aromatic N) is 2. The minimum absolute atomic E-state index is 0.0582. The van der Waals surface area contributed by atoms with E-state index in [-0.39, 0.29) is 22.2 Å². The molecule has 0 aliphatic rings. The number of hydrogen-bond acceptors (Lipinski definition) is 4. The molecular formula is C13H9BrClN3O2S. The van der Waals surface area contributed by atoms with E-state index in [0.717, 1.165) is 5.56 Å². The Balaban J connectivity index is 2.30. The highest BCUT2D eigenvalue weighted by atomic mass is 79.9. The van der Waals surface area contributed by atoms with Crippen LogP contribution in [0.5, 0.6) is 0 Å². The topological polar surface area (TPSA) is 82.8 Å². The molecule has 2 rings (SSSR count). The molecule has 0 amide bonds. The van der Waals surface area contributed by atoms with Gasteiger partial charge in [0.1, 0.15) is 0 Å². The van der Waals surface area contributed by atoms with Crippen LogP contribution in [0.2, 0.25) is 5.15 Å². The normalized spacial score (nSPS) is 10.9. The van der Waals surface area contributed by atoms with Crippen molar-refractivity contribution in [2.24, 2.45) is 0 Å². The van der Waals surface area contributed by atoms with Gasteiger partial charge in [0, 0.05) is 10.7 Å². The Bertz CT molecular complexity index is 801. The maximum absolute atomic E-state index is 12.3. The smallest absolute Gasteiger partial charge is 0.261 e. The number of benzene rings is 1. The number of halogens is 2. The fourth-order valence-corrected chi connectivity index (χ4v) is 3.17. The zero-order chi connectivity index (χ0) is 15.5. The molecule has 0 unspecified atom stereocenters. The maximum atomic E-state index is 12.3. The van der Waals surface area contributed by atoms with Crippen molar-refractivity contribution < 1.29 is 8.42 Å². The number of anilines is 1. The SMILES string of the molecule is N#CCc1ccc(S(=O)(=O)Nc2cc(Br)cnc2Cl)cc1. The number of nitriles is 1. The number of hydrogen-bond donors (Lipinski definition) is 1. The average molecular weight is 387 g/mol. The van der Waals surface area contributed by atoms with Gasteiger partial charge >= 0.3 is 0 Å². The molecule has 5 nitrogen and oxygen atoms in total. The van der Waals surface area contributed by atoms with Crippen LogP contribution in [0.25, 0.3) is 0 Å². The minimum Gasteiger partial charge on any atom is -0.276 e. The lowest BCUT2D eigenvalue weighted by molar-refractivity contribution is 0.601. The highest BCUT2D eigenvalue weighted by molar-refractivity contribution is 9.10. The molecule has 0 saturated carbocycles. The van der Waals surface area contributed by atoms with Crippen molar-refractivity contribution in [1.82, 2.24) is 4.98 Å². The predicted octanol–water partition coefficient (Wildman–Crippen LogP) is 3.36. The Morgan fingerprint density at radius 3 is 2.62 bits per heavy atom. The molecule has 0 aliphatic carbocycles. The number of nitrogens with one attached hydrogen (secondary N) is 1. The third-order valence-corrected chi connectivity index (χ3v) is 4.68. The first-order valence-corrected chi connectivity index (χ1v) is 8.37. The molecule has 0 spiro atoms.